The smallest absolute Gasteiger partial charge is 0.192 e. The van der Waals surface area contributed by atoms with Crippen molar-refractivity contribution in [3.8, 4) is 17.1 Å². The van der Waals surface area contributed by atoms with Crippen molar-refractivity contribution in [1.82, 2.24) is 9.55 Å². The maximum atomic E-state index is 6.39. The third-order valence-corrected chi connectivity index (χ3v) is 10.0. The molecule has 1 aromatic carbocycles. The summed E-state index contributed by atoms with van der Waals surface area (Å²) in [5.41, 5.74) is 1.02. The predicted octanol–water partition coefficient (Wildman–Crippen LogP) is 5.10. The quantitative estimate of drug-likeness (QED) is 0.662. The van der Waals surface area contributed by atoms with E-state index < -0.39 is 8.32 Å². The van der Waals surface area contributed by atoms with Crippen molar-refractivity contribution in [2.45, 2.75) is 51.6 Å². The normalized spacial score (nSPS) is 17.7. The molecule has 2 aromatic rings. The zero-order chi connectivity index (χ0) is 17.5. The number of aromatic nitrogens is 2. The van der Waals surface area contributed by atoms with E-state index in [1.807, 2.05) is 24.5 Å². The van der Waals surface area contributed by atoms with Crippen LogP contribution >= 0.6 is 15.9 Å². The van der Waals surface area contributed by atoms with Crippen molar-refractivity contribution in [3.05, 3.63) is 35.1 Å². The number of rotatable bonds is 3. The number of imidazole rings is 1. The molecule has 0 N–H and O–H groups in total. The first-order chi connectivity index (χ1) is 11.2. The molecule has 2 heterocycles. The Kier molecular flexibility index (Phi) is 4.66. The number of halogens is 1. The molecule has 1 unspecified atom stereocenters. The molecule has 1 aliphatic rings. The van der Waals surface area contributed by atoms with Crippen LogP contribution in [0.5, 0.6) is 5.75 Å². The molecule has 0 aliphatic carbocycles. The Bertz CT molecular complexity index is 737. The molecule has 0 saturated heterocycles. The fourth-order valence-corrected chi connectivity index (χ4v) is 3.92. The van der Waals surface area contributed by atoms with E-state index in [0.29, 0.717) is 6.61 Å². The van der Waals surface area contributed by atoms with E-state index in [0.717, 1.165) is 28.2 Å². The lowest BCUT2D eigenvalue weighted by Gasteiger charge is -2.37. The van der Waals surface area contributed by atoms with Gasteiger partial charge in [0.25, 0.3) is 0 Å². The lowest BCUT2D eigenvalue weighted by molar-refractivity contribution is 0.109. The van der Waals surface area contributed by atoms with Gasteiger partial charge in [-0.15, -0.1) is 0 Å². The second-order valence-corrected chi connectivity index (χ2v) is 13.6. The molecule has 0 fully saturated rings. The Labute approximate surface area is 153 Å². The number of nitrogens with zero attached hydrogens (tertiary/aromatic N) is 2. The summed E-state index contributed by atoms with van der Waals surface area (Å²) in [6.45, 7) is 12.7. The Morgan fingerprint density at radius 3 is 2.83 bits per heavy atom. The van der Waals surface area contributed by atoms with Crippen LogP contribution in [0.3, 0.4) is 0 Å². The maximum absolute atomic E-state index is 6.39. The zero-order valence-electron chi connectivity index (χ0n) is 15.0. The molecule has 3 rings (SSSR count). The molecule has 0 amide bonds. The van der Waals surface area contributed by atoms with Crippen LogP contribution in [0.2, 0.25) is 18.1 Å². The van der Waals surface area contributed by atoms with Crippen LogP contribution in [-0.2, 0) is 11.0 Å². The van der Waals surface area contributed by atoms with E-state index in [9.17, 15) is 0 Å². The fraction of sp³-hybridized carbons (Fsp3) is 0.500. The van der Waals surface area contributed by atoms with E-state index in [1.54, 1.807) is 0 Å². The van der Waals surface area contributed by atoms with Crippen LogP contribution < -0.4 is 4.74 Å². The average Bonchev–Trinajstić information content (AvgIpc) is 2.88. The lowest BCUT2D eigenvalue weighted by Crippen LogP contribution is -2.44. The van der Waals surface area contributed by atoms with E-state index in [1.165, 1.54) is 0 Å². The highest BCUT2D eigenvalue weighted by molar-refractivity contribution is 9.10. The molecule has 1 aromatic heterocycles. The van der Waals surface area contributed by atoms with E-state index in [2.05, 4.69) is 65.4 Å². The monoisotopic (exact) mass is 408 g/mol. The van der Waals surface area contributed by atoms with E-state index >= 15 is 0 Å². The van der Waals surface area contributed by atoms with Gasteiger partial charge in [-0.1, -0.05) is 36.7 Å². The van der Waals surface area contributed by atoms with Crippen molar-refractivity contribution in [3.63, 3.8) is 0 Å². The van der Waals surface area contributed by atoms with E-state index in [4.69, 9.17) is 9.16 Å². The first kappa shape index (κ1) is 17.7. The standard InChI is InChI=1S/C18H25BrN2O2Si/c1-18(2,3)24(4,5)22-12-14-11-21-9-8-20-17(21)15-10-13(19)6-7-16(15)23-14/h6-10,14H,11-12H2,1-5H3. The minimum atomic E-state index is -1.79. The number of ether oxygens (including phenoxy) is 1. The molecule has 0 spiro atoms. The molecule has 0 bridgehead atoms. The average molecular weight is 409 g/mol. The van der Waals surface area contributed by atoms with Gasteiger partial charge in [-0.05, 0) is 36.3 Å². The lowest BCUT2D eigenvalue weighted by atomic mass is 10.2. The van der Waals surface area contributed by atoms with Crippen LogP contribution in [0.1, 0.15) is 20.8 Å². The number of hydrogen-bond acceptors (Lipinski definition) is 3. The van der Waals surface area contributed by atoms with Gasteiger partial charge < -0.3 is 13.7 Å². The minimum absolute atomic E-state index is 0.0190. The summed E-state index contributed by atoms with van der Waals surface area (Å²) in [5, 5.41) is 0.195. The van der Waals surface area contributed by atoms with Gasteiger partial charge in [0.1, 0.15) is 17.7 Å². The second kappa shape index (κ2) is 6.31. The Hall–Kier alpha value is -1.11. The van der Waals surface area contributed by atoms with Crippen molar-refractivity contribution < 1.29 is 9.16 Å². The van der Waals surface area contributed by atoms with Crippen LogP contribution in [-0.4, -0.2) is 30.6 Å². The number of fused-ring (bicyclic) bond motifs is 3. The minimum Gasteiger partial charge on any atom is -0.485 e. The van der Waals surface area contributed by atoms with Gasteiger partial charge in [0.05, 0.1) is 18.7 Å². The van der Waals surface area contributed by atoms with Crippen LogP contribution in [0.15, 0.2) is 35.1 Å². The summed E-state index contributed by atoms with van der Waals surface area (Å²) in [6, 6.07) is 6.07. The van der Waals surface area contributed by atoms with Crippen LogP contribution in [0.25, 0.3) is 11.4 Å². The summed E-state index contributed by atoms with van der Waals surface area (Å²) >= 11 is 3.54. The Morgan fingerprint density at radius 2 is 2.12 bits per heavy atom. The third-order valence-electron chi connectivity index (χ3n) is 5.03. The molecular formula is C18H25BrN2O2Si. The fourth-order valence-electron chi connectivity index (χ4n) is 2.52. The SMILES string of the molecule is CC(C)(C)[Si](C)(C)OCC1Cn2ccnc2-c2cc(Br)ccc2O1. The highest BCUT2D eigenvalue weighted by atomic mass is 79.9. The van der Waals surface area contributed by atoms with Gasteiger partial charge in [0, 0.05) is 16.9 Å². The van der Waals surface area contributed by atoms with Crippen molar-refractivity contribution >= 4 is 24.2 Å². The summed E-state index contributed by atoms with van der Waals surface area (Å²) in [7, 11) is -1.79. The second-order valence-electron chi connectivity index (χ2n) is 7.85. The predicted molar refractivity (Wildman–Crippen MR) is 103 cm³/mol. The van der Waals surface area contributed by atoms with Gasteiger partial charge in [-0.2, -0.15) is 0 Å². The van der Waals surface area contributed by atoms with Gasteiger partial charge in [0.2, 0.25) is 0 Å². The molecule has 0 radical (unpaired) electrons. The first-order valence-electron chi connectivity index (χ1n) is 8.29. The molecule has 24 heavy (non-hydrogen) atoms. The maximum Gasteiger partial charge on any atom is 0.192 e. The highest BCUT2D eigenvalue weighted by Crippen LogP contribution is 2.38. The van der Waals surface area contributed by atoms with E-state index in [-0.39, 0.29) is 11.1 Å². The van der Waals surface area contributed by atoms with Gasteiger partial charge >= 0.3 is 0 Å². The number of hydrogen-bond donors (Lipinski definition) is 0. The van der Waals surface area contributed by atoms with Gasteiger partial charge in [0.15, 0.2) is 8.32 Å². The number of benzene rings is 1. The summed E-state index contributed by atoms with van der Waals surface area (Å²) < 4.78 is 15.8. The summed E-state index contributed by atoms with van der Waals surface area (Å²) in [4.78, 5) is 4.51. The topological polar surface area (TPSA) is 36.3 Å². The zero-order valence-corrected chi connectivity index (χ0v) is 17.6. The molecule has 1 aliphatic heterocycles. The Balaban J connectivity index is 1.85. The van der Waals surface area contributed by atoms with Crippen LogP contribution in [0, 0.1) is 0 Å². The van der Waals surface area contributed by atoms with Crippen molar-refractivity contribution in [2.75, 3.05) is 6.61 Å². The van der Waals surface area contributed by atoms with Crippen molar-refractivity contribution in [1.29, 1.82) is 0 Å². The van der Waals surface area contributed by atoms with Gasteiger partial charge in [-0.3, -0.25) is 0 Å². The molecule has 0 saturated carbocycles. The third kappa shape index (κ3) is 3.46. The van der Waals surface area contributed by atoms with Gasteiger partial charge in [-0.25, -0.2) is 4.98 Å². The molecule has 130 valence electrons. The van der Waals surface area contributed by atoms with Crippen molar-refractivity contribution in [2.24, 2.45) is 0 Å². The summed E-state index contributed by atoms with van der Waals surface area (Å²) in [6.07, 6.45) is 3.83. The molecule has 1 atom stereocenters. The molecule has 6 heteroatoms. The molecular weight excluding hydrogens is 384 g/mol. The highest BCUT2D eigenvalue weighted by Gasteiger charge is 2.38. The summed E-state index contributed by atoms with van der Waals surface area (Å²) in [5.74, 6) is 1.81. The largest absolute Gasteiger partial charge is 0.485 e. The Morgan fingerprint density at radius 1 is 1.38 bits per heavy atom. The van der Waals surface area contributed by atoms with Crippen LogP contribution in [0.4, 0.5) is 0 Å². The molecule has 4 nitrogen and oxygen atoms in total. The first-order valence-corrected chi connectivity index (χ1v) is 12.0.